The Labute approximate surface area is 177 Å². The Morgan fingerprint density at radius 1 is 0.828 bits per heavy atom. The van der Waals surface area contributed by atoms with E-state index in [1.807, 2.05) is 39.0 Å². The fraction of sp³-hybridized carbons (Fsp3) is 0.727. The van der Waals surface area contributed by atoms with Gasteiger partial charge in [-0.2, -0.15) is 0 Å². The summed E-state index contributed by atoms with van der Waals surface area (Å²) in [5.41, 5.74) is 1.43. The summed E-state index contributed by atoms with van der Waals surface area (Å²) < 4.78 is 33.7. The van der Waals surface area contributed by atoms with Gasteiger partial charge in [0.15, 0.2) is 0 Å². The Balaban J connectivity index is 0.00000204. The molecule has 0 aliphatic carbocycles. The molecule has 0 bridgehead atoms. The van der Waals surface area contributed by atoms with Gasteiger partial charge in [-0.25, -0.2) is 0 Å². The normalized spacial score (nSPS) is 17.0. The van der Waals surface area contributed by atoms with Crippen LogP contribution in [0.4, 0.5) is 0 Å². The van der Waals surface area contributed by atoms with Gasteiger partial charge in [-0.1, -0.05) is 19.9 Å². The molecule has 0 spiro atoms. The first-order chi connectivity index (χ1) is 13.8. The van der Waals surface area contributed by atoms with E-state index in [-0.39, 0.29) is 18.3 Å². The van der Waals surface area contributed by atoms with Gasteiger partial charge in [0.1, 0.15) is 12.4 Å². The minimum absolute atomic E-state index is 0.343. The average molecular weight is 410 g/mol. The molecule has 0 atom stereocenters. The highest BCUT2D eigenvalue weighted by Crippen LogP contribution is 2.36. The zero-order valence-electron chi connectivity index (χ0n) is 19.5. The number of aryl methyl sites for hydroxylation is 1. The van der Waals surface area contributed by atoms with Gasteiger partial charge in [-0.05, 0) is 57.8 Å². The van der Waals surface area contributed by atoms with E-state index in [9.17, 15) is 0 Å². The van der Waals surface area contributed by atoms with E-state index in [1.54, 1.807) is 7.11 Å². The van der Waals surface area contributed by atoms with Crippen molar-refractivity contribution in [2.45, 2.75) is 59.7 Å². The molecule has 0 radical (unpaired) electrons. The van der Waals surface area contributed by atoms with Crippen molar-refractivity contribution in [2.24, 2.45) is 0 Å². The minimum atomic E-state index is -0.356. The Morgan fingerprint density at radius 3 is 1.86 bits per heavy atom. The quantitative estimate of drug-likeness (QED) is 0.412. The number of rotatable bonds is 11. The molecule has 0 N–H and O–H groups in total. The van der Waals surface area contributed by atoms with Crippen molar-refractivity contribution in [1.29, 1.82) is 0 Å². The van der Waals surface area contributed by atoms with Crippen LogP contribution in [0, 0.1) is 6.92 Å². The maximum absolute atomic E-state index is 6.13. The number of hydrogen-bond acceptors (Lipinski definition) is 6. The van der Waals surface area contributed by atoms with Gasteiger partial charge < -0.3 is 28.3 Å². The molecule has 0 aromatic heterocycles. The van der Waals surface area contributed by atoms with E-state index in [0.717, 1.165) is 16.8 Å². The van der Waals surface area contributed by atoms with Gasteiger partial charge in [-0.3, -0.25) is 0 Å². The first-order valence-electron chi connectivity index (χ1n) is 10.5. The second-order valence-corrected chi connectivity index (χ2v) is 7.67. The third kappa shape index (κ3) is 7.91. The van der Waals surface area contributed by atoms with Crippen molar-refractivity contribution in [1.82, 2.24) is 0 Å². The van der Waals surface area contributed by atoms with E-state index in [0.29, 0.717) is 39.6 Å². The van der Waals surface area contributed by atoms with Crippen LogP contribution in [0.2, 0.25) is 0 Å². The standard InChI is InChI=1S/C20H33BO6.C2H6/c1-16-15-17(25-14-13-24-12-11-23-10-9-22-6)7-8-18(16)21-26-19(2,3)20(4,5)27-21;1-2/h7-8,15H,9-14H2,1-6H3;1-2H3. The monoisotopic (exact) mass is 410 g/mol. The molecule has 1 aromatic carbocycles. The summed E-state index contributed by atoms with van der Waals surface area (Å²) in [5, 5.41) is 0. The lowest BCUT2D eigenvalue weighted by atomic mass is 9.76. The highest BCUT2D eigenvalue weighted by Gasteiger charge is 2.52. The van der Waals surface area contributed by atoms with Crippen molar-refractivity contribution in [2.75, 3.05) is 46.8 Å². The summed E-state index contributed by atoms with van der Waals surface area (Å²) in [6.45, 7) is 17.6. The number of benzene rings is 1. The van der Waals surface area contributed by atoms with Gasteiger partial charge in [0, 0.05) is 7.11 Å². The van der Waals surface area contributed by atoms with Crippen LogP contribution in [-0.2, 0) is 23.5 Å². The zero-order chi connectivity index (χ0) is 21.9. The Hall–Kier alpha value is -1.12. The molecule has 6 nitrogen and oxygen atoms in total. The Kier molecular flexibility index (Phi) is 11.2. The van der Waals surface area contributed by atoms with Gasteiger partial charge >= 0.3 is 7.12 Å². The van der Waals surface area contributed by atoms with Crippen molar-refractivity contribution >= 4 is 12.6 Å². The van der Waals surface area contributed by atoms with Gasteiger partial charge in [-0.15, -0.1) is 0 Å². The highest BCUT2D eigenvalue weighted by atomic mass is 16.7. The largest absolute Gasteiger partial charge is 0.495 e. The molecular formula is C22H39BO6. The lowest BCUT2D eigenvalue weighted by Crippen LogP contribution is -2.41. The summed E-state index contributed by atoms with van der Waals surface area (Å²) >= 11 is 0. The van der Waals surface area contributed by atoms with Crippen LogP contribution < -0.4 is 10.2 Å². The van der Waals surface area contributed by atoms with Gasteiger partial charge in [0.2, 0.25) is 0 Å². The molecule has 1 saturated heterocycles. The second kappa shape index (κ2) is 12.6. The first kappa shape index (κ1) is 25.9. The van der Waals surface area contributed by atoms with Gasteiger partial charge in [0.05, 0.1) is 44.2 Å². The summed E-state index contributed by atoms with van der Waals surface area (Å²) in [6, 6.07) is 5.97. The predicted octanol–water partition coefficient (Wildman–Crippen LogP) is 3.38. The molecule has 2 rings (SSSR count). The van der Waals surface area contributed by atoms with Crippen molar-refractivity contribution < 1.29 is 28.3 Å². The minimum Gasteiger partial charge on any atom is -0.491 e. The van der Waals surface area contributed by atoms with Gasteiger partial charge in [0.25, 0.3) is 0 Å². The summed E-state index contributed by atoms with van der Waals surface area (Å²) in [6.07, 6.45) is 0. The topological polar surface area (TPSA) is 55.4 Å². The number of hydrogen-bond donors (Lipinski definition) is 0. The van der Waals surface area contributed by atoms with E-state index >= 15 is 0 Å². The lowest BCUT2D eigenvalue weighted by molar-refractivity contribution is 0.00578. The van der Waals surface area contributed by atoms with Crippen molar-refractivity contribution in [3.8, 4) is 5.75 Å². The SMILES string of the molecule is CC.COCCOCCOCCOc1ccc(B2OC(C)(C)C(C)(C)O2)c(C)c1. The van der Waals surface area contributed by atoms with E-state index in [1.165, 1.54) is 0 Å². The molecule has 0 amide bonds. The summed E-state index contributed by atoms with van der Waals surface area (Å²) in [5.74, 6) is 0.813. The van der Waals surface area contributed by atoms with Crippen molar-refractivity contribution in [3.63, 3.8) is 0 Å². The Bertz CT molecular complexity index is 575. The third-order valence-corrected chi connectivity index (χ3v) is 5.05. The smallest absolute Gasteiger partial charge is 0.491 e. The van der Waals surface area contributed by atoms with E-state index in [4.69, 9.17) is 28.3 Å². The molecule has 29 heavy (non-hydrogen) atoms. The van der Waals surface area contributed by atoms with Crippen LogP contribution >= 0.6 is 0 Å². The molecule has 1 heterocycles. The summed E-state index contributed by atoms with van der Waals surface area (Å²) in [4.78, 5) is 0. The third-order valence-electron chi connectivity index (χ3n) is 5.05. The van der Waals surface area contributed by atoms with Crippen LogP contribution in [-0.4, -0.2) is 65.1 Å². The molecule has 166 valence electrons. The molecule has 1 aliphatic rings. The zero-order valence-corrected chi connectivity index (χ0v) is 19.5. The van der Waals surface area contributed by atoms with Crippen molar-refractivity contribution in [3.05, 3.63) is 23.8 Å². The van der Waals surface area contributed by atoms with E-state index in [2.05, 4.69) is 27.7 Å². The number of ether oxygens (including phenoxy) is 4. The molecule has 1 aromatic rings. The van der Waals surface area contributed by atoms with Crippen LogP contribution in [0.3, 0.4) is 0 Å². The summed E-state index contributed by atoms with van der Waals surface area (Å²) in [7, 11) is 1.30. The second-order valence-electron chi connectivity index (χ2n) is 7.67. The fourth-order valence-corrected chi connectivity index (χ4v) is 2.66. The van der Waals surface area contributed by atoms with Crippen LogP contribution in [0.1, 0.15) is 47.1 Å². The lowest BCUT2D eigenvalue weighted by Gasteiger charge is -2.32. The molecule has 0 saturated carbocycles. The maximum Gasteiger partial charge on any atom is 0.495 e. The molecule has 0 unspecified atom stereocenters. The maximum atomic E-state index is 6.13. The molecule has 1 fully saturated rings. The van der Waals surface area contributed by atoms with Crippen LogP contribution in [0.15, 0.2) is 18.2 Å². The number of methoxy groups -OCH3 is 1. The fourth-order valence-electron chi connectivity index (χ4n) is 2.66. The highest BCUT2D eigenvalue weighted by molar-refractivity contribution is 6.62. The Morgan fingerprint density at radius 2 is 1.34 bits per heavy atom. The predicted molar refractivity (Wildman–Crippen MR) is 117 cm³/mol. The molecular weight excluding hydrogens is 371 g/mol. The first-order valence-corrected chi connectivity index (χ1v) is 10.5. The van der Waals surface area contributed by atoms with Crippen LogP contribution in [0.25, 0.3) is 0 Å². The molecule has 7 heteroatoms. The molecule has 1 aliphatic heterocycles. The average Bonchev–Trinajstić information content (AvgIpc) is 2.89. The van der Waals surface area contributed by atoms with Crippen LogP contribution in [0.5, 0.6) is 5.75 Å². The van der Waals surface area contributed by atoms with E-state index < -0.39 is 0 Å².